The van der Waals surface area contributed by atoms with Crippen LogP contribution in [0.5, 0.6) is 0 Å². The van der Waals surface area contributed by atoms with E-state index < -0.39 is 0 Å². The first kappa shape index (κ1) is 12.4. The molecule has 1 atom stereocenters. The SMILES string of the molecule is Cc1nc(C2CCCN2C(=O)C2CC2)[nH]c(=O)c1C. The minimum absolute atomic E-state index is 0.0416. The van der Waals surface area contributed by atoms with Gasteiger partial charge in [-0.05, 0) is 39.5 Å². The molecule has 1 N–H and O–H groups in total. The highest BCUT2D eigenvalue weighted by Gasteiger charge is 2.39. The van der Waals surface area contributed by atoms with Crippen molar-refractivity contribution in [1.82, 2.24) is 14.9 Å². The molecule has 0 bridgehead atoms. The summed E-state index contributed by atoms with van der Waals surface area (Å²) >= 11 is 0. The molecular formula is C14H19N3O2. The minimum Gasteiger partial charge on any atom is -0.332 e. The maximum Gasteiger partial charge on any atom is 0.254 e. The molecule has 5 heteroatoms. The lowest BCUT2D eigenvalue weighted by atomic mass is 10.1. The quantitative estimate of drug-likeness (QED) is 0.876. The molecule has 0 aromatic carbocycles. The van der Waals surface area contributed by atoms with E-state index in [1.807, 2.05) is 11.8 Å². The number of aromatic nitrogens is 2. The van der Waals surface area contributed by atoms with Gasteiger partial charge in [-0.1, -0.05) is 0 Å². The Morgan fingerprint density at radius 1 is 1.32 bits per heavy atom. The fourth-order valence-electron chi connectivity index (χ4n) is 2.70. The summed E-state index contributed by atoms with van der Waals surface area (Å²) in [6.07, 6.45) is 3.90. The van der Waals surface area contributed by atoms with Crippen molar-refractivity contribution < 1.29 is 4.79 Å². The third-order valence-electron chi connectivity index (χ3n) is 4.19. The van der Waals surface area contributed by atoms with Gasteiger partial charge in [0.25, 0.3) is 5.56 Å². The van der Waals surface area contributed by atoms with Crippen molar-refractivity contribution in [3.63, 3.8) is 0 Å². The van der Waals surface area contributed by atoms with E-state index in [1.165, 1.54) is 0 Å². The molecular weight excluding hydrogens is 242 g/mol. The Kier molecular flexibility index (Phi) is 2.92. The van der Waals surface area contributed by atoms with Crippen molar-refractivity contribution >= 4 is 5.91 Å². The Labute approximate surface area is 112 Å². The van der Waals surface area contributed by atoms with Gasteiger partial charge in [0.05, 0.1) is 6.04 Å². The van der Waals surface area contributed by atoms with Crippen molar-refractivity contribution in [1.29, 1.82) is 0 Å². The number of rotatable bonds is 2. The molecule has 2 heterocycles. The molecule has 0 spiro atoms. The Morgan fingerprint density at radius 3 is 2.68 bits per heavy atom. The first-order valence-electron chi connectivity index (χ1n) is 6.96. The van der Waals surface area contributed by atoms with Crippen molar-refractivity contribution in [3.8, 4) is 0 Å². The van der Waals surface area contributed by atoms with E-state index in [0.29, 0.717) is 11.4 Å². The van der Waals surface area contributed by atoms with Gasteiger partial charge in [0.2, 0.25) is 5.91 Å². The summed E-state index contributed by atoms with van der Waals surface area (Å²) in [6.45, 7) is 4.40. The highest BCUT2D eigenvalue weighted by Crippen LogP contribution is 2.37. The van der Waals surface area contributed by atoms with Gasteiger partial charge in [-0.3, -0.25) is 9.59 Å². The Balaban J connectivity index is 1.92. The normalized spacial score (nSPS) is 22.8. The lowest BCUT2D eigenvalue weighted by molar-refractivity contribution is -0.133. The molecule has 1 aliphatic carbocycles. The smallest absolute Gasteiger partial charge is 0.254 e. The number of nitrogens with zero attached hydrogens (tertiary/aromatic N) is 2. The third kappa shape index (κ3) is 2.17. The topological polar surface area (TPSA) is 66.1 Å². The summed E-state index contributed by atoms with van der Waals surface area (Å²) in [7, 11) is 0. The maximum absolute atomic E-state index is 12.2. The average molecular weight is 261 g/mol. The number of likely N-dealkylation sites (tertiary alicyclic amines) is 1. The van der Waals surface area contributed by atoms with Crippen LogP contribution in [0.15, 0.2) is 4.79 Å². The first-order valence-corrected chi connectivity index (χ1v) is 6.96. The standard InChI is InChI=1S/C14H19N3O2/c1-8-9(2)15-12(16-13(8)18)11-4-3-7-17(11)14(19)10-5-6-10/h10-11H,3-7H2,1-2H3,(H,15,16,18). The molecule has 1 aliphatic heterocycles. The summed E-state index contributed by atoms with van der Waals surface area (Å²) in [5, 5.41) is 0. The van der Waals surface area contributed by atoms with Gasteiger partial charge in [-0.25, -0.2) is 4.98 Å². The molecule has 1 amide bonds. The molecule has 5 nitrogen and oxygen atoms in total. The fraction of sp³-hybridized carbons (Fsp3) is 0.643. The first-order chi connectivity index (χ1) is 9.08. The van der Waals surface area contributed by atoms with Crippen LogP contribution in [0.3, 0.4) is 0 Å². The van der Waals surface area contributed by atoms with Gasteiger partial charge < -0.3 is 9.88 Å². The lowest BCUT2D eigenvalue weighted by Crippen LogP contribution is -2.33. The largest absolute Gasteiger partial charge is 0.332 e. The molecule has 2 fully saturated rings. The van der Waals surface area contributed by atoms with Gasteiger partial charge in [-0.2, -0.15) is 0 Å². The molecule has 1 unspecified atom stereocenters. The van der Waals surface area contributed by atoms with Crippen LogP contribution in [0.25, 0.3) is 0 Å². The Bertz CT molecular complexity index is 575. The summed E-state index contributed by atoms with van der Waals surface area (Å²) < 4.78 is 0. The predicted octanol–water partition coefficient (Wildman–Crippen LogP) is 1.46. The number of aromatic amines is 1. The molecule has 1 aromatic rings. The molecule has 102 valence electrons. The van der Waals surface area contributed by atoms with Gasteiger partial charge in [-0.15, -0.1) is 0 Å². The van der Waals surface area contributed by atoms with Gasteiger partial charge >= 0.3 is 0 Å². The van der Waals surface area contributed by atoms with Crippen LogP contribution >= 0.6 is 0 Å². The number of aryl methyl sites for hydroxylation is 1. The van der Waals surface area contributed by atoms with Crippen LogP contribution in [0.1, 0.15) is 48.8 Å². The number of carbonyl (C=O) groups is 1. The Hall–Kier alpha value is -1.65. The van der Waals surface area contributed by atoms with E-state index in [0.717, 1.165) is 37.9 Å². The van der Waals surface area contributed by atoms with Crippen molar-refractivity contribution in [3.05, 3.63) is 27.4 Å². The maximum atomic E-state index is 12.2. The zero-order valence-corrected chi connectivity index (χ0v) is 11.4. The number of H-pyrrole nitrogens is 1. The molecule has 1 saturated heterocycles. The summed E-state index contributed by atoms with van der Waals surface area (Å²) in [4.78, 5) is 33.3. The summed E-state index contributed by atoms with van der Waals surface area (Å²) in [5.74, 6) is 1.11. The highest BCUT2D eigenvalue weighted by atomic mass is 16.2. The molecule has 19 heavy (non-hydrogen) atoms. The van der Waals surface area contributed by atoms with Crippen LogP contribution in [-0.4, -0.2) is 27.3 Å². The van der Waals surface area contributed by atoms with Crippen LogP contribution < -0.4 is 5.56 Å². The monoisotopic (exact) mass is 261 g/mol. The third-order valence-corrected chi connectivity index (χ3v) is 4.19. The van der Waals surface area contributed by atoms with Crippen molar-refractivity contribution in [2.24, 2.45) is 5.92 Å². The molecule has 1 saturated carbocycles. The van der Waals surface area contributed by atoms with Crippen molar-refractivity contribution in [2.45, 2.75) is 45.6 Å². The summed E-state index contributed by atoms with van der Waals surface area (Å²) in [6, 6.07) is -0.0416. The second kappa shape index (κ2) is 4.47. The van der Waals surface area contributed by atoms with Crippen LogP contribution in [-0.2, 0) is 4.79 Å². The Morgan fingerprint density at radius 2 is 2.05 bits per heavy atom. The molecule has 0 radical (unpaired) electrons. The number of hydrogen-bond donors (Lipinski definition) is 1. The molecule has 3 rings (SSSR count). The number of amides is 1. The van der Waals surface area contributed by atoms with E-state index >= 15 is 0 Å². The van der Waals surface area contributed by atoms with E-state index in [1.54, 1.807) is 6.92 Å². The van der Waals surface area contributed by atoms with Crippen molar-refractivity contribution in [2.75, 3.05) is 6.54 Å². The van der Waals surface area contributed by atoms with Gasteiger partial charge in [0.1, 0.15) is 5.82 Å². The zero-order valence-electron chi connectivity index (χ0n) is 11.4. The minimum atomic E-state index is -0.0896. The lowest BCUT2D eigenvalue weighted by Gasteiger charge is -2.24. The highest BCUT2D eigenvalue weighted by molar-refractivity contribution is 5.81. The van der Waals surface area contributed by atoms with E-state index in [9.17, 15) is 9.59 Å². The number of hydrogen-bond acceptors (Lipinski definition) is 3. The van der Waals surface area contributed by atoms with E-state index in [4.69, 9.17) is 0 Å². The summed E-state index contributed by atoms with van der Waals surface area (Å²) in [5.41, 5.74) is 1.32. The predicted molar refractivity (Wildman–Crippen MR) is 70.7 cm³/mol. The van der Waals surface area contributed by atoms with Gasteiger partial charge in [0, 0.05) is 23.7 Å². The molecule has 1 aromatic heterocycles. The number of carbonyl (C=O) groups excluding carboxylic acids is 1. The number of nitrogens with one attached hydrogen (secondary N) is 1. The van der Waals surface area contributed by atoms with Crippen LogP contribution in [0, 0.1) is 19.8 Å². The van der Waals surface area contributed by atoms with E-state index in [2.05, 4.69) is 9.97 Å². The van der Waals surface area contributed by atoms with Gasteiger partial charge in [0.15, 0.2) is 0 Å². The molecule has 2 aliphatic rings. The average Bonchev–Trinajstić information content (AvgIpc) is 3.11. The van der Waals surface area contributed by atoms with Crippen LogP contribution in [0.4, 0.5) is 0 Å². The fourth-order valence-corrected chi connectivity index (χ4v) is 2.70. The van der Waals surface area contributed by atoms with Crippen LogP contribution in [0.2, 0.25) is 0 Å². The zero-order chi connectivity index (χ0) is 13.6. The van der Waals surface area contributed by atoms with E-state index in [-0.39, 0.29) is 23.4 Å². The second-order valence-electron chi connectivity index (χ2n) is 5.63. The second-order valence-corrected chi connectivity index (χ2v) is 5.63.